The average molecular weight is 326 g/mol. The van der Waals surface area contributed by atoms with Crippen LogP contribution in [0, 0.1) is 0 Å². The largest absolute Gasteiger partial charge is 0.482 e. The maximum atomic E-state index is 11.7. The molecule has 0 heterocycles. The Morgan fingerprint density at radius 1 is 0.917 bits per heavy atom. The van der Waals surface area contributed by atoms with Gasteiger partial charge < -0.3 is 9.47 Å². The second kappa shape index (κ2) is 8.53. The predicted molar refractivity (Wildman–Crippen MR) is 96.2 cm³/mol. The molecule has 0 bridgehead atoms. The van der Waals surface area contributed by atoms with E-state index in [4.69, 9.17) is 9.47 Å². The van der Waals surface area contributed by atoms with Crippen molar-refractivity contribution in [2.24, 2.45) is 0 Å². The maximum Gasteiger partial charge on any atom is 0.344 e. The third-order valence-corrected chi connectivity index (χ3v) is 3.45. The van der Waals surface area contributed by atoms with Crippen LogP contribution in [0.4, 0.5) is 0 Å². The van der Waals surface area contributed by atoms with E-state index in [2.05, 4.69) is 30.3 Å². The van der Waals surface area contributed by atoms with Gasteiger partial charge >= 0.3 is 5.97 Å². The predicted octanol–water partition coefficient (Wildman–Crippen LogP) is 4.58. The van der Waals surface area contributed by atoms with E-state index in [0.717, 1.165) is 19.3 Å². The Kier molecular flexibility index (Phi) is 6.42. The van der Waals surface area contributed by atoms with Crippen molar-refractivity contribution in [2.45, 2.75) is 45.6 Å². The van der Waals surface area contributed by atoms with Crippen molar-refractivity contribution in [3.8, 4) is 5.75 Å². The van der Waals surface area contributed by atoms with Crippen LogP contribution >= 0.6 is 0 Å². The highest BCUT2D eigenvalue weighted by molar-refractivity contribution is 5.71. The highest BCUT2D eigenvalue weighted by Gasteiger charge is 2.16. The number of carbonyl (C=O) groups excluding carboxylic acids is 1. The molecule has 3 heteroatoms. The van der Waals surface area contributed by atoms with Gasteiger partial charge in [-0.1, -0.05) is 42.5 Å². The fourth-order valence-electron chi connectivity index (χ4n) is 2.45. The van der Waals surface area contributed by atoms with Gasteiger partial charge in [0.1, 0.15) is 11.4 Å². The summed E-state index contributed by atoms with van der Waals surface area (Å²) in [5.41, 5.74) is 2.09. The van der Waals surface area contributed by atoms with Crippen LogP contribution in [0.25, 0.3) is 0 Å². The summed E-state index contributed by atoms with van der Waals surface area (Å²) in [6.45, 7) is 5.47. The van der Waals surface area contributed by atoms with Crippen molar-refractivity contribution in [3.05, 3.63) is 65.7 Å². The minimum Gasteiger partial charge on any atom is -0.482 e. The fourth-order valence-corrected chi connectivity index (χ4v) is 2.45. The molecule has 2 aromatic carbocycles. The molecule has 0 fully saturated rings. The Labute approximate surface area is 144 Å². The summed E-state index contributed by atoms with van der Waals surface area (Å²) in [6, 6.07) is 18.4. The molecule has 0 aromatic heterocycles. The standard InChI is InChI=1S/C21H26O3/c1-21(2,3)24-20(22)16-23-19-14-8-13-18(15-19)12-7-11-17-9-5-4-6-10-17/h4-6,8-10,13-15H,7,11-12,16H2,1-3H3. The highest BCUT2D eigenvalue weighted by atomic mass is 16.6. The molecule has 0 aliphatic rings. The first-order chi connectivity index (χ1) is 11.4. The molecule has 0 saturated carbocycles. The fraction of sp³-hybridized carbons (Fsp3) is 0.381. The molecule has 128 valence electrons. The minimum atomic E-state index is -0.486. The molecule has 0 amide bonds. The van der Waals surface area contributed by atoms with Crippen molar-refractivity contribution >= 4 is 5.97 Å². The van der Waals surface area contributed by atoms with Gasteiger partial charge in [0, 0.05) is 0 Å². The Bertz CT molecular complexity index is 642. The third kappa shape index (κ3) is 6.86. The number of esters is 1. The van der Waals surface area contributed by atoms with Gasteiger partial charge in [-0.2, -0.15) is 0 Å². The summed E-state index contributed by atoms with van der Waals surface area (Å²) in [5, 5.41) is 0. The Hall–Kier alpha value is -2.29. The summed E-state index contributed by atoms with van der Waals surface area (Å²) in [6.07, 6.45) is 3.13. The molecular weight excluding hydrogens is 300 g/mol. The molecule has 0 unspecified atom stereocenters. The van der Waals surface area contributed by atoms with Crippen molar-refractivity contribution in [3.63, 3.8) is 0 Å². The summed E-state index contributed by atoms with van der Waals surface area (Å²) >= 11 is 0. The zero-order valence-electron chi connectivity index (χ0n) is 14.7. The highest BCUT2D eigenvalue weighted by Crippen LogP contribution is 2.16. The maximum absolute atomic E-state index is 11.7. The first-order valence-corrected chi connectivity index (χ1v) is 8.40. The molecule has 3 nitrogen and oxygen atoms in total. The van der Waals surface area contributed by atoms with Gasteiger partial charge in [0.25, 0.3) is 0 Å². The molecule has 2 aromatic rings. The van der Waals surface area contributed by atoms with Crippen LogP contribution in [0.3, 0.4) is 0 Å². The molecular formula is C21H26O3. The number of benzene rings is 2. The molecule has 0 aliphatic heterocycles. The molecule has 2 rings (SSSR count). The summed E-state index contributed by atoms with van der Waals surface area (Å²) in [5.74, 6) is 0.357. The van der Waals surface area contributed by atoms with E-state index in [1.807, 2.05) is 45.0 Å². The summed E-state index contributed by atoms with van der Waals surface area (Å²) in [7, 11) is 0. The smallest absolute Gasteiger partial charge is 0.344 e. The number of hydrogen-bond acceptors (Lipinski definition) is 3. The molecule has 0 spiro atoms. The van der Waals surface area contributed by atoms with Crippen LogP contribution in [0.5, 0.6) is 5.75 Å². The quantitative estimate of drug-likeness (QED) is 0.699. The van der Waals surface area contributed by atoms with Gasteiger partial charge in [0.05, 0.1) is 0 Å². The molecule has 0 saturated heterocycles. The third-order valence-electron chi connectivity index (χ3n) is 3.45. The van der Waals surface area contributed by atoms with E-state index in [9.17, 15) is 4.79 Å². The topological polar surface area (TPSA) is 35.5 Å². The Morgan fingerprint density at radius 2 is 1.58 bits per heavy atom. The normalized spacial score (nSPS) is 11.1. The number of carbonyl (C=O) groups is 1. The van der Waals surface area contributed by atoms with Crippen LogP contribution in [0.1, 0.15) is 38.3 Å². The zero-order valence-corrected chi connectivity index (χ0v) is 14.7. The Balaban J connectivity index is 1.79. The van der Waals surface area contributed by atoms with Crippen molar-refractivity contribution in [1.82, 2.24) is 0 Å². The minimum absolute atomic E-state index is 0.0647. The van der Waals surface area contributed by atoms with E-state index in [0.29, 0.717) is 5.75 Å². The first-order valence-electron chi connectivity index (χ1n) is 8.40. The van der Waals surface area contributed by atoms with E-state index < -0.39 is 5.60 Å². The van der Waals surface area contributed by atoms with Gasteiger partial charge in [-0.05, 0) is 63.3 Å². The van der Waals surface area contributed by atoms with Gasteiger partial charge in [-0.25, -0.2) is 4.79 Å². The van der Waals surface area contributed by atoms with Crippen molar-refractivity contribution in [1.29, 1.82) is 0 Å². The van der Waals surface area contributed by atoms with Gasteiger partial charge in [0.2, 0.25) is 0 Å². The lowest BCUT2D eigenvalue weighted by molar-refractivity contribution is -0.157. The van der Waals surface area contributed by atoms with E-state index >= 15 is 0 Å². The van der Waals surface area contributed by atoms with Crippen molar-refractivity contribution < 1.29 is 14.3 Å². The van der Waals surface area contributed by atoms with E-state index in [1.54, 1.807) is 0 Å². The first kappa shape index (κ1) is 18.1. The van der Waals surface area contributed by atoms with Gasteiger partial charge in [-0.3, -0.25) is 0 Å². The van der Waals surface area contributed by atoms with Crippen LogP contribution < -0.4 is 4.74 Å². The van der Waals surface area contributed by atoms with Crippen LogP contribution in [-0.4, -0.2) is 18.2 Å². The van der Waals surface area contributed by atoms with Gasteiger partial charge in [0.15, 0.2) is 6.61 Å². The zero-order chi connectivity index (χ0) is 17.4. The second-order valence-electron chi connectivity index (χ2n) is 6.86. The lowest BCUT2D eigenvalue weighted by Crippen LogP contribution is -2.27. The molecule has 0 aliphatic carbocycles. The lowest BCUT2D eigenvalue weighted by Gasteiger charge is -2.19. The van der Waals surface area contributed by atoms with E-state index in [1.165, 1.54) is 11.1 Å². The number of aryl methyl sites for hydroxylation is 2. The van der Waals surface area contributed by atoms with Crippen LogP contribution in [0.2, 0.25) is 0 Å². The SMILES string of the molecule is CC(C)(C)OC(=O)COc1cccc(CCCc2ccccc2)c1. The number of rotatable bonds is 7. The molecule has 0 atom stereocenters. The Morgan fingerprint density at radius 3 is 2.29 bits per heavy atom. The summed E-state index contributed by atoms with van der Waals surface area (Å²) < 4.78 is 10.8. The monoisotopic (exact) mass is 326 g/mol. The molecule has 0 N–H and O–H groups in total. The van der Waals surface area contributed by atoms with E-state index in [-0.39, 0.29) is 12.6 Å². The lowest BCUT2D eigenvalue weighted by atomic mass is 10.0. The number of hydrogen-bond donors (Lipinski definition) is 0. The average Bonchev–Trinajstić information content (AvgIpc) is 2.53. The van der Waals surface area contributed by atoms with Crippen LogP contribution in [-0.2, 0) is 22.4 Å². The van der Waals surface area contributed by atoms with Gasteiger partial charge in [-0.15, -0.1) is 0 Å². The number of ether oxygens (including phenoxy) is 2. The molecule has 0 radical (unpaired) electrons. The van der Waals surface area contributed by atoms with Crippen molar-refractivity contribution in [2.75, 3.05) is 6.61 Å². The summed E-state index contributed by atoms with van der Waals surface area (Å²) in [4.78, 5) is 11.7. The second-order valence-corrected chi connectivity index (χ2v) is 6.86. The van der Waals surface area contributed by atoms with Crippen LogP contribution in [0.15, 0.2) is 54.6 Å². The molecule has 24 heavy (non-hydrogen) atoms.